The van der Waals surface area contributed by atoms with Gasteiger partial charge in [-0.3, -0.25) is 5.10 Å². The van der Waals surface area contributed by atoms with E-state index >= 15 is 0 Å². The number of ether oxygens (including phenoxy) is 1. The summed E-state index contributed by atoms with van der Waals surface area (Å²) in [6.45, 7) is 2.73. The Morgan fingerprint density at radius 3 is 2.77 bits per heavy atom. The molecule has 0 bridgehead atoms. The Hall–Kier alpha value is -3.22. The van der Waals surface area contributed by atoms with Crippen molar-refractivity contribution in [1.29, 1.82) is 0 Å². The minimum atomic E-state index is 0.668. The molecule has 2 N–H and O–H groups in total. The van der Waals surface area contributed by atoms with Crippen LogP contribution in [-0.2, 0) is 0 Å². The summed E-state index contributed by atoms with van der Waals surface area (Å²) in [4.78, 5) is 16.9. The molecular weight excluding hydrogens is 328 g/mol. The van der Waals surface area contributed by atoms with Gasteiger partial charge in [0.1, 0.15) is 5.52 Å². The lowest BCUT2D eigenvalue weighted by molar-refractivity contribution is 0.288. The molecule has 7 nitrogen and oxygen atoms in total. The van der Waals surface area contributed by atoms with Crippen molar-refractivity contribution in [2.24, 2.45) is 5.92 Å². The Balaban J connectivity index is 1.49. The maximum absolute atomic E-state index is 5.71. The van der Waals surface area contributed by atoms with Gasteiger partial charge < -0.3 is 9.72 Å². The van der Waals surface area contributed by atoms with Crippen molar-refractivity contribution in [2.45, 2.75) is 19.8 Å². The Kier molecular flexibility index (Phi) is 3.44. The van der Waals surface area contributed by atoms with Crippen LogP contribution < -0.4 is 4.74 Å². The van der Waals surface area contributed by atoms with E-state index in [2.05, 4.69) is 25.1 Å². The average Bonchev–Trinajstić information content (AvgIpc) is 3.25. The zero-order valence-electron chi connectivity index (χ0n) is 14.4. The molecule has 1 aliphatic carbocycles. The highest BCUT2D eigenvalue weighted by Gasteiger charge is 2.22. The Morgan fingerprint density at radius 1 is 1.12 bits per heavy atom. The molecule has 0 aliphatic heterocycles. The summed E-state index contributed by atoms with van der Waals surface area (Å²) in [6, 6.07) is 3.92. The van der Waals surface area contributed by atoms with Crippen LogP contribution in [0.4, 0.5) is 0 Å². The number of hydrogen-bond acceptors (Lipinski definition) is 5. The van der Waals surface area contributed by atoms with E-state index in [1.165, 1.54) is 12.8 Å². The van der Waals surface area contributed by atoms with Crippen LogP contribution in [0.1, 0.15) is 18.5 Å². The number of fused-ring (bicyclic) bond motifs is 1. The predicted molar refractivity (Wildman–Crippen MR) is 97.7 cm³/mol. The van der Waals surface area contributed by atoms with Gasteiger partial charge in [0, 0.05) is 40.8 Å². The molecule has 7 heteroatoms. The number of aromatic nitrogens is 6. The van der Waals surface area contributed by atoms with Gasteiger partial charge in [0.2, 0.25) is 5.88 Å². The van der Waals surface area contributed by atoms with E-state index in [-0.39, 0.29) is 0 Å². The van der Waals surface area contributed by atoms with Crippen LogP contribution in [0.15, 0.2) is 36.9 Å². The molecule has 1 saturated carbocycles. The maximum Gasteiger partial charge on any atom is 0.213 e. The summed E-state index contributed by atoms with van der Waals surface area (Å²) in [7, 11) is 0. The fourth-order valence-corrected chi connectivity index (χ4v) is 2.96. The van der Waals surface area contributed by atoms with E-state index in [4.69, 9.17) is 9.72 Å². The summed E-state index contributed by atoms with van der Waals surface area (Å²) < 4.78 is 5.71. The van der Waals surface area contributed by atoms with Crippen LogP contribution in [0.25, 0.3) is 33.5 Å². The summed E-state index contributed by atoms with van der Waals surface area (Å²) >= 11 is 0. The van der Waals surface area contributed by atoms with Gasteiger partial charge in [-0.15, -0.1) is 0 Å². The third kappa shape index (κ3) is 2.71. The SMILES string of the molecule is Cc1[nH]ncc1-c1cnc2[nH]cc(-c3ccc(OCC4CC4)nc3)c2n1. The average molecular weight is 346 g/mol. The number of nitrogens with zero attached hydrogens (tertiary/aromatic N) is 4. The van der Waals surface area contributed by atoms with Gasteiger partial charge in [-0.05, 0) is 31.7 Å². The smallest absolute Gasteiger partial charge is 0.213 e. The fraction of sp³-hybridized carbons (Fsp3) is 0.263. The van der Waals surface area contributed by atoms with Crippen LogP contribution in [0, 0.1) is 12.8 Å². The standard InChI is InChI=1S/C19H18N6O/c1-11-14(8-23-25-11)16-9-22-19-18(24-16)15(7-21-19)13-4-5-17(20-6-13)26-10-12-2-3-12/h4-9,12H,2-3,10H2,1H3,(H,21,22)(H,23,25). The van der Waals surface area contributed by atoms with E-state index in [1.54, 1.807) is 12.4 Å². The molecule has 0 radical (unpaired) electrons. The van der Waals surface area contributed by atoms with Crippen molar-refractivity contribution < 1.29 is 4.74 Å². The first kappa shape index (κ1) is 15.1. The van der Waals surface area contributed by atoms with Crippen molar-refractivity contribution in [2.75, 3.05) is 6.61 Å². The second-order valence-corrected chi connectivity index (χ2v) is 6.70. The first-order valence-corrected chi connectivity index (χ1v) is 8.71. The highest BCUT2D eigenvalue weighted by molar-refractivity contribution is 5.91. The summed E-state index contributed by atoms with van der Waals surface area (Å²) in [6.07, 6.45) is 9.80. The normalized spacial score (nSPS) is 14.0. The number of rotatable bonds is 5. The monoisotopic (exact) mass is 346 g/mol. The topological polar surface area (TPSA) is 92.4 Å². The molecular formula is C19H18N6O. The van der Waals surface area contributed by atoms with E-state index in [0.717, 1.165) is 45.8 Å². The third-order valence-corrected chi connectivity index (χ3v) is 4.70. The molecule has 0 saturated heterocycles. The van der Waals surface area contributed by atoms with Gasteiger partial charge in [-0.25, -0.2) is 15.0 Å². The molecule has 0 amide bonds. The number of pyridine rings is 1. The van der Waals surface area contributed by atoms with Gasteiger partial charge in [0.15, 0.2) is 5.65 Å². The first-order valence-electron chi connectivity index (χ1n) is 8.71. The summed E-state index contributed by atoms with van der Waals surface area (Å²) in [5.41, 5.74) is 6.22. The number of aromatic amines is 2. The summed E-state index contributed by atoms with van der Waals surface area (Å²) in [5.74, 6) is 1.38. The molecule has 0 unspecified atom stereocenters. The molecule has 4 aromatic rings. The zero-order chi connectivity index (χ0) is 17.5. The lowest BCUT2D eigenvalue weighted by atomic mass is 10.1. The van der Waals surface area contributed by atoms with Crippen molar-refractivity contribution in [3.8, 4) is 28.3 Å². The van der Waals surface area contributed by atoms with Crippen LogP contribution >= 0.6 is 0 Å². The number of hydrogen-bond donors (Lipinski definition) is 2. The van der Waals surface area contributed by atoms with Crippen molar-refractivity contribution >= 4 is 11.2 Å². The van der Waals surface area contributed by atoms with E-state index in [9.17, 15) is 0 Å². The van der Waals surface area contributed by atoms with Gasteiger partial charge in [0.25, 0.3) is 0 Å². The quantitative estimate of drug-likeness (QED) is 0.577. The van der Waals surface area contributed by atoms with E-state index < -0.39 is 0 Å². The molecule has 0 aromatic carbocycles. The molecule has 4 aromatic heterocycles. The number of nitrogens with one attached hydrogen (secondary N) is 2. The van der Waals surface area contributed by atoms with Crippen LogP contribution in [0.2, 0.25) is 0 Å². The van der Waals surface area contributed by atoms with Crippen LogP contribution in [0.3, 0.4) is 0 Å². The third-order valence-electron chi connectivity index (χ3n) is 4.70. The Labute approximate surface area is 149 Å². The molecule has 5 rings (SSSR count). The lowest BCUT2D eigenvalue weighted by Crippen LogP contribution is -2.00. The van der Waals surface area contributed by atoms with E-state index in [0.29, 0.717) is 11.8 Å². The van der Waals surface area contributed by atoms with Crippen LogP contribution in [0.5, 0.6) is 5.88 Å². The Bertz CT molecular complexity index is 1060. The second kappa shape index (κ2) is 5.94. The maximum atomic E-state index is 5.71. The fourth-order valence-electron chi connectivity index (χ4n) is 2.96. The van der Waals surface area contributed by atoms with Crippen LogP contribution in [-0.4, -0.2) is 36.7 Å². The molecule has 26 heavy (non-hydrogen) atoms. The minimum Gasteiger partial charge on any atom is -0.477 e. The van der Waals surface area contributed by atoms with Gasteiger partial charge in [-0.1, -0.05) is 0 Å². The highest BCUT2D eigenvalue weighted by Crippen LogP contribution is 2.31. The second-order valence-electron chi connectivity index (χ2n) is 6.70. The molecule has 0 spiro atoms. The molecule has 1 fully saturated rings. The van der Waals surface area contributed by atoms with Crippen molar-refractivity contribution in [1.82, 2.24) is 30.1 Å². The highest BCUT2D eigenvalue weighted by atomic mass is 16.5. The summed E-state index contributed by atoms with van der Waals surface area (Å²) in [5, 5.41) is 7.00. The largest absolute Gasteiger partial charge is 0.477 e. The van der Waals surface area contributed by atoms with Crippen molar-refractivity contribution in [3.63, 3.8) is 0 Å². The Morgan fingerprint density at radius 2 is 2.04 bits per heavy atom. The van der Waals surface area contributed by atoms with Gasteiger partial charge in [0.05, 0.1) is 24.7 Å². The minimum absolute atomic E-state index is 0.668. The van der Waals surface area contributed by atoms with Crippen molar-refractivity contribution in [3.05, 3.63) is 42.6 Å². The van der Waals surface area contributed by atoms with Gasteiger partial charge >= 0.3 is 0 Å². The zero-order valence-corrected chi connectivity index (χ0v) is 14.4. The molecule has 0 atom stereocenters. The molecule has 1 aliphatic rings. The molecule has 130 valence electrons. The van der Waals surface area contributed by atoms with E-state index in [1.807, 2.05) is 31.5 Å². The van der Waals surface area contributed by atoms with Gasteiger partial charge in [-0.2, -0.15) is 5.10 Å². The lowest BCUT2D eigenvalue weighted by Gasteiger charge is -2.05. The number of H-pyrrole nitrogens is 2. The number of aryl methyl sites for hydroxylation is 1. The first-order chi connectivity index (χ1) is 12.8. The molecule has 4 heterocycles. The predicted octanol–water partition coefficient (Wildman–Crippen LogP) is 3.51.